The molecule has 0 unspecified atom stereocenters. The highest BCUT2D eigenvalue weighted by molar-refractivity contribution is 7.17. The number of thiophene rings is 1. The van der Waals surface area contributed by atoms with E-state index in [2.05, 4.69) is 5.32 Å². The number of Topliss-reactive ketones (excluding diaryl/α,β-unsaturated/α-hetero) is 1. The lowest BCUT2D eigenvalue weighted by atomic mass is 9.95. The van der Waals surface area contributed by atoms with Gasteiger partial charge in [0.25, 0.3) is 5.91 Å². The molecule has 3 N–H and O–H groups in total. The number of primary amides is 1. The van der Waals surface area contributed by atoms with Crippen molar-refractivity contribution in [3.05, 3.63) is 50.9 Å². The predicted molar refractivity (Wildman–Crippen MR) is 108 cm³/mol. The lowest BCUT2D eigenvalue weighted by Gasteiger charge is -2.11. The average molecular weight is 385 g/mol. The van der Waals surface area contributed by atoms with Gasteiger partial charge in [-0.2, -0.15) is 0 Å². The van der Waals surface area contributed by atoms with Crippen molar-refractivity contribution in [2.75, 3.05) is 5.32 Å². The van der Waals surface area contributed by atoms with Gasteiger partial charge in [-0.05, 0) is 62.3 Å². The first-order valence-corrected chi connectivity index (χ1v) is 10.0. The summed E-state index contributed by atoms with van der Waals surface area (Å²) in [6, 6.07) is 5.56. The zero-order valence-corrected chi connectivity index (χ0v) is 16.5. The van der Waals surface area contributed by atoms with E-state index < -0.39 is 5.91 Å². The summed E-state index contributed by atoms with van der Waals surface area (Å²) in [4.78, 5) is 37.7. The summed E-state index contributed by atoms with van der Waals surface area (Å²) in [5.74, 6) is -0.835. The largest absolute Gasteiger partial charge is 0.365 e. The lowest BCUT2D eigenvalue weighted by Crippen LogP contribution is -2.19. The molecular formula is C21H24N2O3S. The molecule has 1 aliphatic carbocycles. The van der Waals surface area contributed by atoms with Crippen LogP contribution in [0.1, 0.15) is 68.0 Å². The Morgan fingerprint density at radius 2 is 1.81 bits per heavy atom. The number of ketones is 1. The molecule has 0 radical (unpaired) electrons. The maximum Gasteiger partial charge on any atom is 0.251 e. The van der Waals surface area contributed by atoms with Gasteiger partial charge in [0, 0.05) is 23.3 Å². The first kappa shape index (κ1) is 19.3. The number of aryl methyl sites for hydroxylation is 3. The Labute approximate surface area is 163 Å². The van der Waals surface area contributed by atoms with Crippen LogP contribution in [0.15, 0.2) is 18.2 Å². The van der Waals surface area contributed by atoms with Crippen molar-refractivity contribution in [1.29, 1.82) is 0 Å². The van der Waals surface area contributed by atoms with Gasteiger partial charge in [0.2, 0.25) is 5.91 Å². The highest BCUT2D eigenvalue weighted by Crippen LogP contribution is 2.37. The highest BCUT2D eigenvalue weighted by Gasteiger charge is 2.25. The SMILES string of the molecule is Cc1ccc(C(=O)CCC(=O)Nc2sc3c(c2C(N)=O)CCCC3)cc1C. The number of hydrogen-bond acceptors (Lipinski definition) is 4. The quantitative estimate of drug-likeness (QED) is 0.739. The van der Waals surface area contributed by atoms with Gasteiger partial charge in [0.15, 0.2) is 5.78 Å². The van der Waals surface area contributed by atoms with E-state index >= 15 is 0 Å². The minimum Gasteiger partial charge on any atom is -0.365 e. The third-order valence-corrected chi connectivity index (χ3v) is 6.29. The van der Waals surface area contributed by atoms with Crippen LogP contribution in [-0.2, 0) is 17.6 Å². The Kier molecular flexibility index (Phi) is 5.75. The fourth-order valence-electron chi connectivity index (χ4n) is 3.39. The summed E-state index contributed by atoms with van der Waals surface area (Å²) < 4.78 is 0. The van der Waals surface area contributed by atoms with E-state index in [0.29, 0.717) is 16.1 Å². The van der Waals surface area contributed by atoms with Crippen molar-refractivity contribution in [2.45, 2.75) is 52.4 Å². The molecule has 0 atom stereocenters. The van der Waals surface area contributed by atoms with Crippen LogP contribution in [0.3, 0.4) is 0 Å². The number of benzene rings is 1. The summed E-state index contributed by atoms with van der Waals surface area (Å²) in [6.07, 6.45) is 4.07. The first-order valence-electron chi connectivity index (χ1n) is 9.21. The number of carbonyl (C=O) groups is 3. The average Bonchev–Trinajstić information content (AvgIpc) is 2.99. The molecule has 0 fully saturated rings. The van der Waals surface area contributed by atoms with Crippen molar-refractivity contribution in [3.8, 4) is 0 Å². The van der Waals surface area contributed by atoms with Gasteiger partial charge in [0.05, 0.1) is 5.56 Å². The van der Waals surface area contributed by atoms with E-state index in [4.69, 9.17) is 5.73 Å². The fraction of sp³-hybridized carbons (Fsp3) is 0.381. The van der Waals surface area contributed by atoms with Crippen molar-refractivity contribution < 1.29 is 14.4 Å². The summed E-state index contributed by atoms with van der Waals surface area (Å²) in [5.41, 5.74) is 9.79. The van der Waals surface area contributed by atoms with E-state index in [0.717, 1.165) is 47.3 Å². The van der Waals surface area contributed by atoms with Crippen LogP contribution in [0.5, 0.6) is 0 Å². The zero-order valence-electron chi connectivity index (χ0n) is 15.7. The molecule has 0 aliphatic heterocycles. The molecule has 0 bridgehead atoms. The minimum atomic E-state index is -0.504. The molecule has 1 aromatic heterocycles. The maximum atomic E-state index is 12.3. The third kappa shape index (κ3) is 4.27. The summed E-state index contributed by atoms with van der Waals surface area (Å²) in [5, 5.41) is 3.33. The molecule has 0 saturated carbocycles. The van der Waals surface area contributed by atoms with Crippen LogP contribution in [0.4, 0.5) is 5.00 Å². The third-order valence-electron chi connectivity index (χ3n) is 5.08. The van der Waals surface area contributed by atoms with E-state index in [9.17, 15) is 14.4 Å². The second-order valence-corrected chi connectivity index (χ2v) is 8.15. The van der Waals surface area contributed by atoms with Crippen LogP contribution in [0, 0.1) is 13.8 Å². The number of anilines is 1. The molecule has 2 amide bonds. The molecule has 1 aromatic carbocycles. The van der Waals surface area contributed by atoms with E-state index in [-0.39, 0.29) is 24.5 Å². The van der Waals surface area contributed by atoms with Gasteiger partial charge < -0.3 is 11.1 Å². The molecule has 0 spiro atoms. The number of nitrogens with one attached hydrogen (secondary N) is 1. The van der Waals surface area contributed by atoms with Gasteiger partial charge >= 0.3 is 0 Å². The number of hydrogen-bond donors (Lipinski definition) is 2. The molecule has 0 saturated heterocycles. The molecular weight excluding hydrogens is 360 g/mol. The number of rotatable bonds is 6. The van der Waals surface area contributed by atoms with Gasteiger partial charge in [-0.1, -0.05) is 12.1 Å². The Bertz CT molecular complexity index is 914. The fourth-order valence-corrected chi connectivity index (χ4v) is 4.70. The summed E-state index contributed by atoms with van der Waals surface area (Å²) in [6.45, 7) is 3.96. The molecule has 5 nitrogen and oxygen atoms in total. The second-order valence-electron chi connectivity index (χ2n) is 7.05. The van der Waals surface area contributed by atoms with Crippen LogP contribution in [-0.4, -0.2) is 17.6 Å². The van der Waals surface area contributed by atoms with Crippen LogP contribution < -0.4 is 11.1 Å². The van der Waals surface area contributed by atoms with Gasteiger partial charge in [-0.3, -0.25) is 14.4 Å². The molecule has 27 heavy (non-hydrogen) atoms. The normalized spacial score (nSPS) is 13.1. The standard InChI is InChI=1S/C21H24N2O3S/c1-12-7-8-14(11-13(12)2)16(24)9-10-18(25)23-21-19(20(22)26)15-5-3-4-6-17(15)27-21/h7-8,11H,3-6,9-10H2,1-2H3,(H2,22,26)(H,23,25). The van der Waals surface area contributed by atoms with Crippen LogP contribution >= 0.6 is 11.3 Å². The Morgan fingerprint density at radius 3 is 2.52 bits per heavy atom. The smallest absolute Gasteiger partial charge is 0.251 e. The summed E-state index contributed by atoms with van der Waals surface area (Å²) >= 11 is 1.44. The van der Waals surface area contributed by atoms with Crippen LogP contribution in [0.2, 0.25) is 0 Å². The number of carbonyl (C=O) groups excluding carboxylic acids is 3. The topological polar surface area (TPSA) is 89.3 Å². The summed E-state index contributed by atoms with van der Waals surface area (Å²) in [7, 11) is 0. The molecule has 6 heteroatoms. The number of nitrogens with two attached hydrogens (primary N) is 1. The Hall–Kier alpha value is -2.47. The van der Waals surface area contributed by atoms with Gasteiger partial charge in [-0.25, -0.2) is 0 Å². The Balaban J connectivity index is 1.66. The lowest BCUT2D eigenvalue weighted by molar-refractivity contribution is -0.116. The van der Waals surface area contributed by atoms with Crippen molar-refractivity contribution in [3.63, 3.8) is 0 Å². The Morgan fingerprint density at radius 1 is 1.07 bits per heavy atom. The van der Waals surface area contributed by atoms with Gasteiger partial charge in [-0.15, -0.1) is 11.3 Å². The monoisotopic (exact) mass is 384 g/mol. The minimum absolute atomic E-state index is 0.0613. The molecule has 3 rings (SSSR count). The zero-order chi connectivity index (χ0) is 19.6. The highest BCUT2D eigenvalue weighted by atomic mass is 32.1. The van der Waals surface area contributed by atoms with Crippen molar-refractivity contribution in [1.82, 2.24) is 0 Å². The van der Waals surface area contributed by atoms with Gasteiger partial charge in [0.1, 0.15) is 5.00 Å². The molecule has 1 aliphatic rings. The number of fused-ring (bicyclic) bond motifs is 1. The molecule has 142 valence electrons. The maximum absolute atomic E-state index is 12.3. The first-order chi connectivity index (χ1) is 12.9. The molecule has 1 heterocycles. The molecule has 2 aromatic rings. The van der Waals surface area contributed by atoms with Crippen molar-refractivity contribution in [2.24, 2.45) is 5.73 Å². The number of amides is 2. The van der Waals surface area contributed by atoms with E-state index in [1.54, 1.807) is 6.07 Å². The van der Waals surface area contributed by atoms with E-state index in [1.807, 2.05) is 26.0 Å². The van der Waals surface area contributed by atoms with Crippen LogP contribution in [0.25, 0.3) is 0 Å². The van der Waals surface area contributed by atoms with Crippen molar-refractivity contribution >= 4 is 33.9 Å². The second kappa shape index (κ2) is 8.05. The van der Waals surface area contributed by atoms with E-state index in [1.165, 1.54) is 11.3 Å². The predicted octanol–water partition coefficient (Wildman–Crippen LogP) is 3.94.